The number of hydrogen-bond donors (Lipinski definition) is 1. The third-order valence-corrected chi connectivity index (χ3v) is 10.4. The van der Waals surface area contributed by atoms with Gasteiger partial charge in [-0.1, -0.05) is 51.1 Å². The second-order valence-electron chi connectivity index (χ2n) is 11.3. The van der Waals surface area contributed by atoms with Crippen molar-refractivity contribution in [2.75, 3.05) is 5.21 Å². The molecular weight excluding hydrogens is 479 g/mol. The first-order valence-electron chi connectivity index (χ1n) is 12.1. The van der Waals surface area contributed by atoms with Crippen molar-refractivity contribution in [3.63, 3.8) is 0 Å². The summed E-state index contributed by atoms with van der Waals surface area (Å²) in [5.74, 6) is -2.31. The average molecular weight is 513 g/mol. The normalized spacial score (nSPS) is 45.3. The molecule has 0 saturated heterocycles. The van der Waals surface area contributed by atoms with Gasteiger partial charge < -0.3 is 9.84 Å². The molecule has 4 rings (SSSR count). The summed E-state index contributed by atoms with van der Waals surface area (Å²) < 4.78 is 23.4. The number of ether oxygens (including phenoxy) is 1. The van der Waals surface area contributed by atoms with Crippen LogP contribution < -0.4 is 0 Å². The molecule has 8 heteroatoms. The van der Waals surface area contributed by atoms with Gasteiger partial charge in [0.15, 0.2) is 17.1 Å². The number of allylic oxidation sites excluding steroid dienone is 4. The molecule has 4 aliphatic rings. The number of ketones is 1. The maximum Gasteiger partial charge on any atom is 0.309 e. The number of halogens is 2. The molecule has 3 saturated carbocycles. The highest BCUT2D eigenvalue weighted by Crippen LogP contribution is 2.71. The SMILES string of the molecule is CC(C)C(=O)O[C@]1(C(=O)SCCl)[C@@H](C)C[C@H]2[C@@H]3CCC4=CC(=O)C=C[C@]4(C)[C@@]3(F)[C@@H](O)C[C@@]21C. The topological polar surface area (TPSA) is 80.7 Å². The largest absolute Gasteiger partial charge is 0.449 e. The Labute approximate surface area is 209 Å². The zero-order valence-electron chi connectivity index (χ0n) is 20.4. The highest BCUT2D eigenvalue weighted by atomic mass is 35.5. The van der Waals surface area contributed by atoms with Gasteiger partial charge in [-0.3, -0.25) is 14.4 Å². The highest BCUT2D eigenvalue weighted by molar-refractivity contribution is 8.14. The van der Waals surface area contributed by atoms with E-state index >= 15 is 4.39 Å². The number of carbonyl (C=O) groups excluding carboxylic acids is 3. The van der Waals surface area contributed by atoms with Crippen LogP contribution in [0.2, 0.25) is 0 Å². The summed E-state index contributed by atoms with van der Waals surface area (Å²) in [7, 11) is 0. The summed E-state index contributed by atoms with van der Waals surface area (Å²) >= 11 is 6.83. The Balaban J connectivity index is 1.84. The first-order chi connectivity index (χ1) is 15.8. The van der Waals surface area contributed by atoms with E-state index < -0.39 is 46.0 Å². The number of esters is 1. The molecule has 0 radical (unpaired) electrons. The van der Waals surface area contributed by atoms with Crippen LogP contribution in [0, 0.1) is 34.5 Å². The predicted molar refractivity (Wildman–Crippen MR) is 130 cm³/mol. The van der Waals surface area contributed by atoms with E-state index in [-0.39, 0.29) is 34.4 Å². The molecular formula is C26H34ClFO5S. The molecule has 0 aromatic rings. The molecule has 0 unspecified atom stereocenters. The quantitative estimate of drug-likeness (QED) is 0.422. The fraction of sp³-hybridized carbons (Fsp3) is 0.731. The number of fused-ring (bicyclic) bond motifs is 5. The van der Waals surface area contributed by atoms with Crippen LogP contribution in [-0.4, -0.2) is 44.6 Å². The van der Waals surface area contributed by atoms with Crippen molar-refractivity contribution in [2.45, 2.75) is 77.7 Å². The monoisotopic (exact) mass is 512 g/mol. The lowest BCUT2D eigenvalue weighted by molar-refractivity contribution is -0.226. The van der Waals surface area contributed by atoms with Gasteiger partial charge in [-0.15, -0.1) is 11.6 Å². The van der Waals surface area contributed by atoms with Crippen molar-refractivity contribution in [2.24, 2.45) is 34.5 Å². The minimum absolute atomic E-state index is 0.0113. The standard InChI is InChI=1S/C26H34ClFO5S/c1-14(2)21(31)33-26(22(32)34-13-27)15(3)10-19-18-7-6-16-11-17(29)8-9-23(16,4)25(18,28)20(30)12-24(19,26)5/h8-9,11,14-15,18-20,30H,6-7,10,12-13H2,1-5H3/t15-,18-,19-,20-,23-,24-,25-,26-/m0/s1. The second-order valence-corrected chi connectivity index (χ2v) is 12.8. The van der Waals surface area contributed by atoms with E-state index in [1.165, 1.54) is 12.2 Å². The smallest absolute Gasteiger partial charge is 0.309 e. The van der Waals surface area contributed by atoms with Crippen molar-refractivity contribution in [1.29, 1.82) is 0 Å². The van der Waals surface area contributed by atoms with Crippen molar-refractivity contribution in [1.82, 2.24) is 0 Å². The number of thioether (sulfide) groups is 1. The summed E-state index contributed by atoms with van der Waals surface area (Å²) in [5, 5.41) is 11.2. The van der Waals surface area contributed by atoms with Gasteiger partial charge in [0.05, 0.1) is 17.2 Å². The Morgan fingerprint density at radius 3 is 2.62 bits per heavy atom. The van der Waals surface area contributed by atoms with Crippen LogP contribution in [0.5, 0.6) is 0 Å². The summed E-state index contributed by atoms with van der Waals surface area (Å²) in [4.78, 5) is 38.5. The van der Waals surface area contributed by atoms with Crippen molar-refractivity contribution >= 4 is 40.2 Å². The van der Waals surface area contributed by atoms with E-state index in [0.717, 1.165) is 11.8 Å². The predicted octanol–water partition coefficient (Wildman–Crippen LogP) is 5.00. The van der Waals surface area contributed by atoms with Crippen LogP contribution in [0.15, 0.2) is 23.8 Å². The molecule has 8 atom stereocenters. The Bertz CT molecular complexity index is 980. The molecule has 0 aliphatic heterocycles. The van der Waals surface area contributed by atoms with E-state index in [9.17, 15) is 19.5 Å². The van der Waals surface area contributed by atoms with Gasteiger partial charge in [0, 0.05) is 22.7 Å². The van der Waals surface area contributed by atoms with E-state index in [1.54, 1.807) is 26.8 Å². The average Bonchev–Trinajstić information content (AvgIpc) is 2.97. The van der Waals surface area contributed by atoms with Gasteiger partial charge >= 0.3 is 5.97 Å². The summed E-state index contributed by atoms with van der Waals surface area (Å²) in [5.41, 5.74) is -4.87. The Hall–Kier alpha value is -1.18. The maximum atomic E-state index is 17.3. The molecule has 188 valence electrons. The summed E-state index contributed by atoms with van der Waals surface area (Å²) in [6, 6.07) is 0. The second kappa shape index (κ2) is 8.45. The molecule has 3 fully saturated rings. The van der Waals surface area contributed by atoms with Gasteiger partial charge in [0.25, 0.3) is 0 Å². The first-order valence-corrected chi connectivity index (χ1v) is 13.6. The van der Waals surface area contributed by atoms with Crippen LogP contribution in [0.3, 0.4) is 0 Å². The van der Waals surface area contributed by atoms with Gasteiger partial charge in [0.1, 0.15) is 0 Å². The lowest BCUT2D eigenvalue weighted by atomic mass is 9.45. The molecule has 0 amide bonds. The van der Waals surface area contributed by atoms with Crippen LogP contribution in [0.25, 0.3) is 0 Å². The summed E-state index contributed by atoms with van der Waals surface area (Å²) in [6.07, 6.45) is 4.57. The van der Waals surface area contributed by atoms with Gasteiger partial charge in [-0.05, 0) is 50.7 Å². The molecule has 0 aromatic carbocycles. The molecule has 0 aromatic heterocycles. The van der Waals surface area contributed by atoms with Crippen molar-refractivity contribution in [3.8, 4) is 0 Å². The van der Waals surface area contributed by atoms with Gasteiger partial charge in [-0.25, -0.2) is 4.39 Å². The van der Waals surface area contributed by atoms with Crippen LogP contribution in [-0.2, 0) is 19.1 Å². The van der Waals surface area contributed by atoms with Gasteiger partial charge in [0.2, 0.25) is 5.12 Å². The lowest BCUT2D eigenvalue weighted by Gasteiger charge is -2.62. The van der Waals surface area contributed by atoms with E-state index in [2.05, 4.69) is 0 Å². The summed E-state index contributed by atoms with van der Waals surface area (Å²) in [6.45, 7) is 8.94. The molecule has 1 N–H and O–H groups in total. The number of rotatable bonds is 4. The van der Waals surface area contributed by atoms with Crippen LogP contribution in [0.4, 0.5) is 4.39 Å². The number of aliphatic hydroxyl groups excluding tert-OH is 1. The third kappa shape index (κ3) is 3.18. The van der Waals surface area contributed by atoms with E-state index in [0.29, 0.717) is 24.8 Å². The molecule has 5 nitrogen and oxygen atoms in total. The number of hydrogen-bond acceptors (Lipinski definition) is 6. The molecule has 0 bridgehead atoms. The number of aliphatic hydroxyl groups is 1. The lowest BCUT2D eigenvalue weighted by Crippen LogP contribution is -2.69. The Morgan fingerprint density at radius 1 is 1.32 bits per heavy atom. The van der Waals surface area contributed by atoms with Gasteiger partial charge in [-0.2, -0.15) is 0 Å². The zero-order chi connectivity index (χ0) is 25.3. The minimum atomic E-state index is -2.00. The molecule has 0 heterocycles. The Morgan fingerprint density at radius 2 is 2.00 bits per heavy atom. The van der Waals surface area contributed by atoms with Crippen LogP contribution in [0.1, 0.15) is 60.3 Å². The highest BCUT2D eigenvalue weighted by Gasteiger charge is 2.77. The fourth-order valence-corrected chi connectivity index (χ4v) is 8.74. The van der Waals surface area contributed by atoms with Crippen molar-refractivity contribution in [3.05, 3.63) is 23.8 Å². The van der Waals surface area contributed by atoms with Crippen molar-refractivity contribution < 1.29 is 28.6 Å². The third-order valence-electron chi connectivity index (χ3n) is 9.40. The molecule has 34 heavy (non-hydrogen) atoms. The molecule has 0 spiro atoms. The number of carbonyl (C=O) groups is 3. The van der Waals surface area contributed by atoms with Crippen LogP contribution >= 0.6 is 23.4 Å². The minimum Gasteiger partial charge on any atom is -0.449 e. The van der Waals surface area contributed by atoms with E-state index in [4.69, 9.17) is 16.3 Å². The van der Waals surface area contributed by atoms with E-state index in [1.807, 2.05) is 13.8 Å². The zero-order valence-corrected chi connectivity index (χ0v) is 22.0. The fourth-order valence-electron chi connectivity index (χ4n) is 7.66. The molecule has 4 aliphatic carbocycles. The number of alkyl halides is 2. The first kappa shape index (κ1) is 25.9. The Kier molecular flexibility index (Phi) is 6.43. The maximum absolute atomic E-state index is 17.3.